The first kappa shape index (κ1) is 20.8. The van der Waals surface area contributed by atoms with Gasteiger partial charge < -0.3 is 14.8 Å². The molecule has 160 valence electrons. The Morgan fingerprint density at radius 1 is 0.903 bits per heavy atom. The maximum atomic E-state index is 13.2. The highest BCUT2D eigenvalue weighted by molar-refractivity contribution is 6.00. The molecule has 1 aliphatic rings. The van der Waals surface area contributed by atoms with Crippen LogP contribution in [-0.2, 0) is 6.42 Å². The summed E-state index contributed by atoms with van der Waals surface area (Å²) in [5, 5.41) is 3.44. The van der Waals surface area contributed by atoms with E-state index in [2.05, 4.69) is 10.3 Å². The quantitative estimate of drug-likeness (QED) is 0.638. The van der Waals surface area contributed by atoms with Gasteiger partial charge in [-0.25, -0.2) is 9.37 Å². The van der Waals surface area contributed by atoms with Crippen molar-refractivity contribution in [2.45, 2.75) is 25.7 Å². The van der Waals surface area contributed by atoms with Crippen molar-refractivity contribution in [3.8, 4) is 17.4 Å². The fourth-order valence-corrected chi connectivity index (χ4v) is 3.39. The minimum atomic E-state index is -0.224. The Balaban J connectivity index is 1.57. The maximum absolute atomic E-state index is 13.2. The molecule has 2 heterocycles. The molecule has 0 bridgehead atoms. The van der Waals surface area contributed by atoms with Gasteiger partial charge in [-0.05, 0) is 67.6 Å². The third-order valence-electron chi connectivity index (χ3n) is 5.03. The van der Waals surface area contributed by atoms with Crippen LogP contribution in [0.1, 0.15) is 30.4 Å². The summed E-state index contributed by atoms with van der Waals surface area (Å²) in [4.78, 5) is 9.27. The van der Waals surface area contributed by atoms with Crippen LogP contribution in [0, 0.1) is 5.82 Å². The van der Waals surface area contributed by atoms with Crippen molar-refractivity contribution in [3.63, 3.8) is 0 Å². The number of hydrogen-bond donors (Lipinski definition) is 1. The van der Waals surface area contributed by atoms with E-state index in [-0.39, 0.29) is 5.82 Å². The zero-order valence-corrected chi connectivity index (χ0v) is 17.4. The number of halogens is 1. The molecule has 4 rings (SSSR count). The van der Waals surface area contributed by atoms with Gasteiger partial charge in [-0.2, -0.15) is 0 Å². The Kier molecular flexibility index (Phi) is 7.11. The fourth-order valence-electron chi connectivity index (χ4n) is 3.39. The zero-order valence-electron chi connectivity index (χ0n) is 17.4. The van der Waals surface area contributed by atoms with Crippen molar-refractivity contribution in [1.82, 2.24) is 10.3 Å². The number of fused-ring (bicyclic) bond motifs is 2. The molecule has 0 fully saturated rings. The van der Waals surface area contributed by atoms with Crippen molar-refractivity contribution in [2.75, 3.05) is 19.7 Å². The number of nitrogens with one attached hydrogen (secondary N) is 1. The van der Waals surface area contributed by atoms with Gasteiger partial charge >= 0.3 is 0 Å². The highest BCUT2D eigenvalue weighted by Crippen LogP contribution is 2.32. The summed E-state index contributed by atoms with van der Waals surface area (Å²) < 4.78 is 25.2. The maximum Gasteiger partial charge on any atom is 0.230 e. The molecular formula is C25H26FN3O2. The van der Waals surface area contributed by atoms with E-state index in [0.717, 1.165) is 42.6 Å². The van der Waals surface area contributed by atoms with Gasteiger partial charge in [0.1, 0.15) is 11.7 Å². The minimum Gasteiger partial charge on any atom is -0.490 e. The summed E-state index contributed by atoms with van der Waals surface area (Å²) in [5.41, 5.74) is 1.86. The number of aromatic nitrogens is 1. The van der Waals surface area contributed by atoms with Crippen LogP contribution < -0.4 is 14.8 Å². The molecule has 1 N–H and O–H groups in total. The van der Waals surface area contributed by atoms with Gasteiger partial charge in [-0.15, -0.1) is 0 Å². The van der Waals surface area contributed by atoms with E-state index in [1.54, 1.807) is 18.3 Å². The number of pyridine rings is 1. The molecule has 1 aromatic heterocycles. The lowest BCUT2D eigenvalue weighted by atomic mass is 10.1. The molecule has 31 heavy (non-hydrogen) atoms. The first-order valence-corrected chi connectivity index (χ1v) is 10.7. The standard InChI is InChI=1S/C25H26FN3O2/c26-20-12-10-19(11-13-20)14-17-28-24-21-7-6-16-29-25(21)31-23-9-3-2-8-22(23)30-18-5-1-4-15-27-24/h2-3,6-13,16H,1,4-5,14-15,17-18H2,(H,27,28). The topological polar surface area (TPSA) is 55.7 Å². The molecule has 0 amide bonds. The molecule has 0 saturated carbocycles. The SMILES string of the molecule is Fc1ccc(CCNC2=NCCCCCOc3ccccc3Oc3ncccc32)cc1. The van der Waals surface area contributed by atoms with E-state index in [0.29, 0.717) is 37.1 Å². The molecule has 0 spiro atoms. The molecule has 5 nitrogen and oxygen atoms in total. The second kappa shape index (κ2) is 10.6. The van der Waals surface area contributed by atoms with Crippen molar-refractivity contribution in [1.29, 1.82) is 0 Å². The number of para-hydroxylation sites is 2. The van der Waals surface area contributed by atoms with E-state index in [9.17, 15) is 4.39 Å². The lowest BCUT2D eigenvalue weighted by molar-refractivity contribution is 0.291. The first-order valence-electron chi connectivity index (χ1n) is 10.7. The van der Waals surface area contributed by atoms with Gasteiger partial charge in [0.2, 0.25) is 5.88 Å². The van der Waals surface area contributed by atoms with Gasteiger partial charge in [0, 0.05) is 19.3 Å². The van der Waals surface area contributed by atoms with E-state index in [1.165, 1.54) is 12.1 Å². The number of hydrogen-bond acceptors (Lipinski definition) is 5. The first-order chi connectivity index (χ1) is 15.3. The number of ether oxygens (including phenoxy) is 2. The predicted molar refractivity (Wildman–Crippen MR) is 120 cm³/mol. The van der Waals surface area contributed by atoms with Crippen LogP contribution >= 0.6 is 0 Å². The zero-order chi connectivity index (χ0) is 21.3. The lowest BCUT2D eigenvalue weighted by Gasteiger charge is -2.15. The molecule has 0 atom stereocenters. The van der Waals surface area contributed by atoms with Crippen molar-refractivity contribution in [2.24, 2.45) is 4.99 Å². The van der Waals surface area contributed by atoms with E-state index < -0.39 is 0 Å². The van der Waals surface area contributed by atoms with Gasteiger partial charge in [-0.1, -0.05) is 24.3 Å². The summed E-state index contributed by atoms with van der Waals surface area (Å²) in [6, 6.07) is 18.0. The average Bonchev–Trinajstić information content (AvgIpc) is 2.81. The predicted octanol–water partition coefficient (Wildman–Crippen LogP) is 5.15. The minimum absolute atomic E-state index is 0.224. The van der Waals surface area contributed by atoms with Crippen LogP contribution in [0.3, 0.4) is 0 Å². The third-order valence-corrected chi connectivity index (χ3v) is 5.03. The van der Waals surface area contributed by atoms with Crippen LogP contribution in [0.4, 0.5) is 4.39 Å². The fraction of sp³-hybridized carbons (Fsp3) is 0.280. The van der Waals surface area contributed by atoms with E-state index >= 15 is 0 Å². The van der Waals surface area contributed by atoms with Crippen molar-refractivity contribution < 1.29 is 13.9 Å². The van der Waals surface area contributed by atoms with E-state index in [4.69, 9.17) is 14.5 Å². The van der Waals surface area contributed by atoms with Gasteiger partial charge in [0.25, 0.3) is 0 Å². The molecule has 3 aromatic rings. The van der Waals surface area contributed by atoms with Gasteiger partial charge in [0.15, 0.2) is 11.5 Å². The smallest absolute Gasteiger partial charge is 0.230 e. The number of rotatable bonds is 3. The number of nitrogens with zero attached hydrogens (tertiary/aromatic N) is 2. The molecule has 0 aliphatic carbocycles. The van der Waals surface area contributed by atoms with Crippen LogP contribution in [0.2, 0.25) is 0 Å². The second-order valence-electron chi connectivity index (χ2n) is 7.35. The van der Waals surface area contributed by atoms with Crippen LogP contribution in [-0.4, -0.2) is 30.5 Å². The third kappa shape index (κ3) is 5.81. The summed E-state index contributed by atoms with van der Waals surface area (Å²) >= 11 is 0. The Bertz CT molecular complexity index is 1020. The summed E-state index contributed by atoms with van der Waals surface area (Å²) in [7, 11) is 0. The average molecular weight is 420 g/mol. The summed E-state index contributed by atoms with van der Waals surface area (Å²) in [6.07, 6.45) is 5.44. The van der Waals surface area contributed by atoms with E-state index in [1.807, 2.05) is 36.4 Å². The number of benzene rings is 2. The number of aliphatic imine (C=N–C) groups is 1. The van der Waals surface area contributed by atoms with Gasteiger partial charge in [0.05, 0.1) is 12.2 Å². The summed E-state index contributed by atoms with van der Waals surface area (Å²) in [5.74, 6) is 2.35. The normalized spacial score (nSPS) is 14.3. The molecule has 0 unspecified atom stereocenters. The molecule has 6 heteroatoms. The number of amidine groups is 1. The highest BCUT2D eigenvalue weighted by Gasteiger charge is 2.15. The van der Waals surface area contributed by atoms with Gasteiger partial charge in [-0.3, -0.25) is 4.99 Å². The molecular weight excluding hydrogens is 393 g/mol. The molecule has 0 radical (unpaired) electrons. The Morgan fingerprint density at radius 2 is 1.74 bits per heavy atom. The Morgan fingerprint density at radius 3 is 2.61 bits per heavy atom. The highest BCUT2D eigenvalue weighted by atomic mass is 19.1. The largest absolute Gasteiger partial charge is 0.490 e. The monoisotopic (exact) mass is 419 g/mol. The van der Waals surface area contributed by atoms with Crippen LogP contribution in [0.15, 0.2) is 71.9 Å². The Labute approximate surface area is 182 Å². The van der Waals surface area contributed by atoms with Crippen molar-refractivity contribution >= 4 is 5.84 Å². The van der Waals surface area contributed by atoms with Crippen LogP contribution in [0.5, 0.6) is 17.4 Å². The molecule has 1 aliphatic heterocycles. The Hall–Kier alpha value is -3.41. The van der Waals surface area contributed by atoms with Crippen LogP contribution in [0.25, 0.3) is 0 Å². The molecule has 0 saturated heterocycles. The summed E-state index contributed by atoms with van der Waals surface area (Å²) in [6.45, 7) is 2.01. The van der Waals surface area contributed by atoms with Crippen molar-refractivity contribution in [3.05, 3.63) is 83.8 Å². The second-order valence-corrected chi connectivity index (χ2v) is 7.35. The molecule has 2 aromatic carbocycles. The lowest BCUT2D eigenvalue weighted by Crippen LogP contribution is -2.28.